The fraction of sp³-hybridized carbons (Fsp3) is 0.190. The fourth-order valence-electron chi connectivity index (χ4n) is 2.67. The van der Waals surface area contributed by atoms with Crippen LogP contribution in [0.2, 0.25) is 0 Å². The van der Waals surface area contributed by atoms with E-state index < -0.39 is 0 Å². The van der Waals surface area contributed by atoms with Gasteiger partial charge in [0.2, 0.25) is 5.91 Å². The summed E-state index contributed by atoms with van der Waals surface area (Å²) in [7, 11) is 0. The molecule has 0 fully saturated rings. The highest BCUT2D eigenvalue weighted by atomic mass is 32.2. The van der Waals surface area contributed by atoms with E-state index in [1.165, 1.54) is 11.8 Å². The first kappa shape index (κ1) is 19.1. The third-order valence-electron chi connectivity index (χ3n) is 4.06. The Balaban J connectivity index is 1.34. The first-order valence-corrected chi connectivity index (χ1v) is 10.1. The van der Waals surface area contributed by atoms with Crippen LogP contribution in [0.5, 0.6) is 17.2 Å². The van der Waals surface area contributed by atoms with Crippen molar-refractivity contribution < 1.29 is 19.0 Å². The van der Waals surface area contributed by atoms with E-state index in [2.05, 4.69) is 15.3 Å². The normalized spacial score (nSPS) is 12.3. The second-order valence-corrected chi connectivity index (χ2v) is 7.19. The molecule has 3 heterocycles. The van der Waals surface area contributed by atoms with Crippen molar-refractivity contribution in [2.24, 2.45) is 0 Å². The molecule has 29 heavy (non-hydrogen) atoms. The third-order valence-corrected chi connectivity index (χ3v) is 5.05. The molecule has 4 rings (SSSR count). The molecule has 0 bridgehead atoms. The molecule has 3 aromatic rings. The number of amides is 1. The van der Waals surface area contributed by atoms with Crippen molar-refractivity contribution >= 4 is 23.5 Å². The number of hydrogen-bond acceptors (Lipinski definition) is 7. The van der Waals surface area contributed by atoms with Crippen molar-refractivity contribution in [3.8, 4) is 17.2 Å². The van der Waals surface area contributed by atoms with Gasteiger partial charge in [0.1, 0.15) is 19.8 Å². The molecule has 8 heteroatoms. The number of benzene rings is 1. The lowest BCUT2D eigenvalue weighted by atomic mass is 10.3. The van der Waals surface area contributed by atoms with Crippen LogP contribution in [0, 0.1) is 0 Å². The van der Waals surface area contributed by atoms with Crippen LogP contribution in [0.4, 0.5) is 5.82 Å². The molecule has 1 amide bonds. The van der Waals surface area contributed by atoms with Gasteiger partial charge in [-0.15, -0.1) is 11.8 Å². The van der Waals surface area contributed by atoms with Crippen LogP contribution in [0.25, 0.3) is 0 Å². The van der Waals surface area contributed by atoms with E-state index in [-0.39, 0.29) is 11.7 Å². The summed E-state index contributed by atoms with van der Waals surface area (Å²) >= 11 is 1.41. The number of thioether (sulfide) groups is 1. The number of fused-ring (bicyclic) bond motifs is 1. The van der Waals surface area contributed by atoms with Gasteiger partial charge < -0.3 is 19.5 Å². The molecule has 1 aromatic carbocycles. The van der Waals surface area contributed by atoms with Gasteiger partial charge >= 0.3 is 0 Å². The predicted octanol–water partition coefficient (Wildman–Crippen LogP) is 3.56. The summed E-state index contributed by atoms with van der Waals surface area (Å²) in [5.74, 6) is 2.42. The van der Waals surface area contributed by atoms with E-state index in [0.29, 0.717) is 37.1 Å². The Hall–Kier alpha value is -3.26. The van der Waals surface area contributed by atoms with E-state index >= 15 is 0 Å². The first-order chi connectivity index (χ1) is 14.3. The van der Waals surface area contributed by atoms with Crippen LogP contribution in [0.3, 0.4) is 0 Å². The number of pyridine rings is 2. The van der Waals surface area contributed by atoms with Crippen molar-refractivity contribution in [3.05, 3.63) is 66.6 Å². The number of aromatic nitrogens is 2. The molecular weight excluding hydrogens is 390 g/mol. The largest absolute Gasteiger partial charge is 0.486 e. The highest BCUT2D eigenvalue weighted by Gasteiger charge is 2.14. The molecule has 1 N–H and O–H groups in total. The van der Waals surface area contributed by atoms with E-state index in [1.54, 1.807) is 30.7 Å². The van der Waals surface area contributed by atoms with E-state index in [1.807, 2.05) is 30.3 Å². The maximum atomic E-state index is 12.4. The molecule has 7 nitrogen and oxygen atoms in total. The molecule has 0 saturated carbocycles. The van der Waals surface area contributed by atoms with Gasteiger partial charge in [0, 0.05) is 23.5 Å². The summed E-state index contributed by atoms with van der Waals surface area (Å²) in [6, 6.07) is 12.9. The second-order valence-electron chi connectivity index (χ2n) is 6.14. The Morgan fingerprint density at radius 3 is 2.76 bits per heavy atom. The molecule has 0 spiro atoms. The summed E-state index contributed by atoms with van der Waals surface area (Å²) in [6.45, 7) is 1.45. The zero-order valence-corrected chi connectivity index (χ0v) is 16.4. The molecule has 0 atom stereocenters. The van der Waals surface area contributed by atoms with E-state index in [0.717, 1.165) is 16.2 Å². The van der Waals surface area contributed by atoms with Gasteiger partial charge in [0.25, 0.3) is 0 Å². The van der Waals surface area contributed by atoms with Crippen LogP contribution in [0.15, 0.2) is 66.0 Å². The minimum atomic E-state index is -0.169. The van der Waals surface area contributed by atoms with Gasteiger partial charge in [-0.05, 0) is 48.0 Å². The molecule has 1 aliphatic heterocycles. The first-order valence-electron chi connectivity index (χ1n) is 9.07. The van der Waals surface area contributed by atoms with Gasteiger partial charge in [-0.2, -0.15) is 0 Å². The lowest BCUT2D eigenvalue weighted by Gasteiger charge is -2.18. The summed E-state index contributed by atoms with van der Waals surface area (Å²) < 4.78 is 16.9. The average Bonchev–Trinajstić information content (AvgIpc) is 2.78. The monoisotopic (exact) mass is 409 g/mol. The average molecular weight is 409 g/mol. The van der Waals surface area contributed by atoms with Gasteiger partial charge in [-0.3, -0.25) is 9.78 Å². The Bertz CT molecular complexity index is 985. The third kappa shape index (κ3) is 5.17. The molecule has 0 radical (unpaired) electrons. The molecule has 0 aliphatic carbocycles. The van der Waals surface area contributed by atoms with Crippen LogP contribution in [0.1, 0.15) is 5.56 Å². The number of carbonyl (C=O) groups is 1. The van der Waals surface area contributed by atoms with Crippen LogP contribution in [-0.2, 0) is 11.4 Å². The molecule has 148 valence electrons. The quantitative estimate of drug-likeness (QED) is 0.598. The van der Waals surface area contributed by atoms with Crippen molar-refractivity contribution in [2.45, 2.75) is 11.5 Å². The van der Waals surface area contributed by atoms with Crippen molar-refractivity contribution in [1.82, 2.24) is 9.97 Å². The number of nitrogens with one attached hydrogen (secondary N) is 1. The van der Waals surface area contributed by atoms with Crippen LogP contribution >= 0.6 is 11.8 Å². The fourth-order valence-corrected chi connectivity index (χ4v) is 3.40. The zero-order chi connectivity index (χ0) is 19.9. The van der Waals surface area contributed by atoms with Gasteiger partial charge in [-0.25, -0.2) is 4.98 Å². The topological polar surface area (TPSA) is 82.6 Å². The molecule has 1 aliphatic rings. The number of carbonyl (C=O) groups excluding carboxylic acids is 1. The van der Waals surface area contributed by atoms with Crippen molar-refractivity contribution in [3.63, 3.8) is 0 Å². The lowest BCUT2D eigenvalue weighted by Crippen LogP contribution is -2.16. The highest BCUT2D eigenvalue weighted by molar-refractivity contribution is 8.00. The smallest absolute Gasteiger partial charge is 0.235 e. The summed E-state index contributed by atoms with van der Waals surface area (Å²) in [5, 5.41) is 2.82. The Morgan fingerprint density at radius 2 is 1.90 bits per heavy atom. The number of hydrogen-bond donors (Lipinski definition) is 1. The minimum absolute atomic E-state index is 0.169. The number of ether oxygens (including phenoxy) is 3. The highest BCUT2D eigenvalue weighted by Crippen LogP contribution is 2.34. The second kappa shape index (κ2) is 9.29. The number of nitrogens with zero attached hydrogens (tertiary/aromatic N) is 2. The Morgan fingerprint density at radius 1 is 1.07 bits per heavy atom. The van der Waals surface area contributed by atoms with Crippen LogP contribution < -0.4 is 19.5 Å². The molecule has 2 aromatic heterocycles. The van der Waals surface area contributed by atoms with Gasteiger partial charge in [0.15, 0.2) is 23.1 Å². The maximum absolute atomic E-state index is 12.4. The van der Waals surface area contributed by atoms with Gasteiger partial charge in [-0.1, -0.05) is 0 Å². The Kier molecular flexibility index (Phi) is 6.11. The molecule has 0 saturated heterocycles. The van der Waals surface area contributed by atoms with Crippen LogP contribution in [-0.4, -0.2) is 34.8 Å². The molecule has 0 unspecified atom stereocenters. The van der Waals surface area contributed by atoms with Crippen molar-refractivity contribution in [2.75, 3.05) is 24.3 Å². The zero-order valence-electron chi connectivity index (χ0n) is 15.5. The number of anilines is 1. The SMILES string of the molecule is O=C(CSc1ccc2c(c1)OCCO2)Nc1ncccc1OCc1ccncc1. The van der Waals surface area contributed by atoms with Crippen molar-refractivity contribution in [1.29, 1.82) is 0 Å². The number of rotatable bonds is 7. The summed E-state index contributed by atoms with van der Waals surface area (Å²) in [4.78, 5) is 21.6. The van der Waals surface area contributed by atoms with E-state index in [4.69, 9.17) is 14.2 Å². The Labute approximate surface area is 172 Å². The minimum Gasteiger partial charge on any atom is -0.486 e. The summed E-state index contributed by atoms with van der Waals surface area (Å²) in [5.41, 5.74) is 0.982. The standard InChI is InChI=1S/C21H19N3O4S/c25-20(14-29-16-3-4-17-19(12-16)27-11-10-26-17)24-21-18(2-1-7-23-21)28-13-15-5-8-22-9-6-15/h1-9,12H,10-11,13-14H2,(H,23,24,25). The van der Waals surface area contributed by atoms with Gasteiger partial charge in [0.05, 0.1) is 5.75 Å². The maximum Gasteiger partial charge on any atom is 0.235 e. The predicted molar refractivity (Wildman–Crippen MR) is 110 cm³/mol. The van der Waals surface area contributed by atoms with E-state index in [9.17, 15) is 4.79 Å². The molecular formula is C21H19N3O4S. The summed E-state index contributed by atoms with van der Waals surface area (Å²) in [6.07, 6.45) is 5.03. The lowest BCUT2D eigenvalue weighted by molar-refractivity contribution is -0.113.